The van der Waals surface area contributed by atoms with E-state index in [1.54, 1.807) is 12.4 Å². The second-order valence-corrected chi connectivity index (χ2v) is 7.63. The van der Waals surface area contributed by atoms with Crippen molar-refractivity contribution in [3.8, 4) is 0 Å². The predicted molar refractivity (Wildman–Crippen MR) is 96.5 cm³/mol. The molecule has 1 N–H and O–H groups in total. The number of hydrogen-bond donors (Lipinski definition) is 1. The Bertz CT molecular complexity index is 574. The van der Waals surface area contributed by atoms with E-state index in [0.29, 0.717) is 12.5 Å². The minimum atomic E-state index is 0.0484. The molecule has 136 valence electrons. The van der Waals surface area contributed by atoms with Crippen LogP contribution in [0.4, 0.5) is 0 Å². The van der Waals surface area contributed by atoms with E-state index < -0.39 is 0 Å². The van der Waals surface area contributed by atoms with Gasteiger partial charge in [0.05, 0.1) is 0 Å². The highest BCUT2D eigenvalue weighted by atomic mass is 16.2. The van der Waals surface area contributed by atoms with Gasteiger partial charge in [-0.1, -0.05) is 6.92 Å². The van der Waals surface area contributed by atoms with Gasteiger partial charge in [-0.2, -0.15) is 0 Å². The lowest BCUT2D eigenvalue weighted by Crippen LogP contribution is -2.43. The molecule has 2 aliphatic rings. The lowest BCUT2D eigenvalue weighted by atomic mass is 9.80. The van der Waals surface area contributed by atoms with Gasteiger partial charge in [0.2, 0.25) is 11.8 Å². The number of hydrogen-bond acceptors (Lipinski definition) is 3. The van der Waals surface area contributed by atoms with E-state index in [0.717, 1.165) is 63.1 Å². The summed E-state index contributed by atoms with van der Waals surface area (Å²) in [6.07, 6.45) is 9.05. The first-order valence-electron chi connectivity index (χ1n) is 9.59. The van der Waals surface area contributed by atoms with Crippen molar-refractivity contribution in [2.45, 2.75) is 52.0 Å². The Morgan fingerprint density at radius 3 is 2.28 bits per heavy atom. The number of nitrogens with one attached hydrogen (secondary N) is 1. The molecule has 2 amide bonds. The monoisotopic (exact) mass is 343 g/mol. The smallest absolute Gasteiger partial charge is 0.225 e. The third-order valence-corrected chi connectivity index (χ3v) is 5.76. The summed E-state index contributed by atoms with van der Waals surface area (Å²) in [5, 5.41) is 3.02. The Balaban J connectivity index is 1.42. The molecule has 1 aliphatic carbocycles. The Kier molecular flexibility index (Phi) is 6.05. The van der Waals surface area contributed by atoms with Gasteiger partial charge in [-0.3, -0.25) is 14.6 Å². The van der Waals surface area contributed by atoms with Crippen LogP contribution in [0.25, 0.3) is 0 Å². The van der Waals surface area contributed by atoms with Crippen molar-refractivity contribution in [2.24, 2.45) is 17.8 Å². The number of carbonyl (C=O) groups is 2. The number of rotatable bonds is 4. The molecule has 25 heavy (non-hydrogen) atoms. The van der Waals surface area contributed by atoms with E-state index >= 15 is 0 Å². The van der Waals surface area contributed by atoms with Gasteiger partial charge in [0.1, 0.15) is 0 Å². The second-order valence-electron chi connectivity index (χ2n) is 7.63. The van der Waals surface area contributed by atoms with Crippen molar-refractivity contribution in [3.63, 3.8) is 0 Å². The molecule has 5 nitrogen and oxygen atoms in total. The molecule has 3 rings (SSSR count). The number of likely N-dealkylation sites (tertiary alicyclic amines) is 1. The van der Waals surface area contributed by atoms with Crippen LogP contribution in [0.1, 0.15) is 51.0 Å². The number of nitrogens with zero attached hydrogens (tertiary/aromatic N) is 2. The predicted octanol–water partition coefficient (Wildman–Crippen LogP) is 2.76. The van der Waals surface area contributed by atoms with Crippen molar-refractivity contribution in [1.82, 2.24) is 15.2 Å². The molecule has 1 aromatic heterocycles. The molecular formula is C20H29N3O2. The summed E-state index contributed by atoms with van der Waals surface area (Å²) in [5.41, 5.74) is 1.06. The van der Waals surface area contributed by atoms with Crippen LogP contribution in [0, 0.1) is 17.8 Å². The molecule has 2 heterocycles. The van der Waals surface area contributed by atoms with E-state index in [1.807, 2.05) is 12.1 Å². The van der Waals surface area contributed by atoms with Crippen molar-refractivity contribution < 1.29 is 9.59 Å². The molecule has 0 unspecified atom stereocenters. The van der Waals surface area contributed by atoms with Gasteiger partial charge in [0.15, 0.2) is 0 Å². The zero-order chi connectivity index (χ0) is 17.6. The lowest BCUT2D eigenvalue weighted by Gasteiger charge is -2.35. The molecule has 1 saturated carbocycles. The maximum atomic E-state index is 12.7. The Labute approximate surface area is 150 Å². The molecule has 1 saturated heterocycles. The van der Waals surface area contributed by atoms with Gasteiger partial charge < -0.3 is 10.2 Å². The van der Waals surface area contributed by atoms with Gasteiger partial charge in [-0.05, 0) is 62.1 Å². The van der Waals surface area contributed by atoms with Gasteiger partial charge in [0.25, 0.3) is 0 Å². The zero-order valence-electron chi connectivity index (χ0n) is 15.1. The molecule has 5 heteroatoms. The SMILES string of the molecule is CC1CCN(C(=O)C2CCC(C(=O)NCc3ccncc3)CC2)CC1. The van der Waals surface area contributed by atoms with Crippen LogP contribution in [-0.2, 0) is 16.1 Å². The summed E-state index contributed by atoms with van der Waals surface area (Å²) >= 11 is 0. The fourth-order valence-electron chi connectivity index (χ4n) is 3.92. The lowest BCUT2D eigenvalue weighted by molar-refractivity contribution is -0.139. The van der Waals surface area contributed by atoms with Crippen LogP contribution in [0.3, 0.4) is 0 Å². The standard InChI is InChI=1S/C20H29N3O2/c1-15-8-12-23(13-9-15)20(25)18-4-2-17(3-5-18)19(24)22-14-16-6-10-21-11-7-16/h6-7,10-11,15,17-18H,2-5,8-9,12-14H2,1H3,(H,22,24). The Morgan fingerprint density at radius 2 is 1.64 bits per heavy atom. The first kappa shape index (κ1) is 17.9. The number of piperidine rings is 1. The molecule has 0 bridgehead atoms. The zero-order valence-corrected chi connectivity index (χ0v) is 15.1. The maximum absolute atomic E-state index is 12.7. The van der Waals surface area contributed by atoms with Crippen LogP contribution < -0.4 is 5.32 Å². The maximum Gasteiger partial charge on any atom is 0.225 e. The number of amides is 2. The summed E-state index contributed by atoms with van der Waals surface area (Å²) in [4.78, 5) is 31.1. The highest BCUT2D eigenvalue weighted by Gasteiger charge is 2.32. The van der Waals surface area contributed by atoms with Crippen molar-refractivity contribution in [2.75, 3.05) is 13.1 Å². The van der Waals surface area contributed by atoms with Gasteiger partial charge in [-0.25, -0.2) is 0 Å². The van der Waals surface area contributed by atoms with Crippen LogP contribution in [0.15, 0.2) is 24.5 Å². The molecule has 1 aromatic rings. The van der Waals surface area contributed by atoms with E-state index in [4.69, 9.17) is 0 Å². The largest absolute Gasteiger partial charge is 0.352 e. The number of carbonyl (C=O) groups excluding carboxylic acids is 2. The third kappa shape index (κ3) is 4.80. The summed E-state index contributed by atoms with van der Waals surface area (Å²) in [6, 6.07) is 3.82. The Hall–Kier alpha value is -1.91. The molecule has 0 spiro atoms. The van der Waals surface area contributed by atoms with Crippen LogP contribution in [-0.4, -0.2) is 34.8 Å². The Morgan fingerprint density at radius 1 is 1.04 bits per heavy atom. The average molecular weight is 343 g/mol. The second kappa shape index (κ2) is 8.45. The van der Waals surface area contributed by atoms with Crippen molar-refractivity contribution in [1.29, 1.82) is 0 Å². The quantitative estimate of drug-likeness (QED) is 0.914. The topological polar surface area (TPSA) is 62.3 Å². The fourth-order valence-corrected chi connectivity index (χ4v) is 3.92. The van der Waals surface area contributed by atoms with E-state index in [-0.39, 0.29) is 17.7 Å². The molecule has 1 aliphatic heterocycles. The summed E-state index contributed by atoms with van der Waals surface area (Å²) in [5.74, 6) is 1.35. The van der Waals surface area contributed by atoms with E-state index in [2.05, 4.69) is 22.1 Å². The van der Waals surface area contributed by atoms with Crippen molar-refractivity contribution in [3.05, 3.63) is 30.1 Å². The molecule has 0 radical (unpaired) electrons. The molecule has 0 aromatic carbocycles. The first-order valence-corrected chi connectivity index (χ1v) is 9.59. The van der Waals surface area contributed by atoms with E-state index in [9.17, 15) is 9.59 Å². The number of pyridine rings is 1. The van der Waals surface area contributed by atoms with Crippen molar-refractivity contribution >= 4 is 11.8 Å². The number of aromatic nitrogens is 1. The van der Waals surface area contributed by atoms with E-state index in [1.165, 1.54) is 0 Å². The first-order chi connectivity index (χ1) is 12.1. The average Bonchev–Trinajstić information content (AvgIpc) is 2.67. The van der Waals surface area contributed by atoms with Crippen LogP contribution in [0.2, 0.25) is 0 Å². The van der Waals surface area contributed by atoms with Gasteiger partial charge in [0, 0.05) is 43.9 Å². The molecule has 2 fully saturated rings. The minimum absolute atomic E-state index is 0.0484. The summed E-state index contributed by atoms with van der Waals surface area (Å²) < 4.78 is 0. The normalized spacial score (nSPS) is 24.8. The highest BCUT2D eigenvalue weighted by Crippen LogP contribution is 2.31. The fraction of sp³-hybridized carbons (Fsp3) is 0.650. The van der Waals surface area contributed by atoms with Gasteiger partial charge >= 0.3 is 0 Å². The van der Waals surface area contributed by atoms with Crippen LogP contribution in [0.5, 0.6) is 0 Å². The summed E-state index contributed by atoms with van der Waals surface area (Å²) in [7, 11) is 0. The molecular weight excluding hydrogens is 314 g/mol. The minimum Gasteiger partial charge on any atom is -0.352 e. The molecule has 0 atom stereocenters. The summed E-state index contributed by atoms with van der Waals surface area (Å²) in [6.45, 7) is 4.63. The van der Waals surface area contributed by atoms with Gasteiger partial charge in [-0.15, -0.1) is 0 Å². The van der Waals surface area contributed by atoms with Crippen LogP contribution >= 0.6 is 0 Å². The highest BCUT2D eigenvalue weighted by molar-refractivity contribution is 5.81. The third-order valence-electron chi connectivity index (χ3n) is 5.76.